The number of hydrogen-bond acceptors (Lipinski definition) is 8. The van der Waals surface area contributed by atoms with E-state index in [4.69, 9.17) is 0 Å². The van der Waals surface area contributed by atoms with Gasteiger partial charge in [-0.2, -0.15) is 5.10 Å². The van der Waals surface area contributed by atoms with Gasteiger partial charge in [-0.3, -0.25) is 5.43 Å². The highest BCUT2D eigenvalue weighted by Gasteiger charge is 2.12. The van der Waals surface area contributed by atoms with Gasteiger partial charge in [-0.1, -0.05) is 13.8 Å². The number of nitrogens with zero attached hydrogens (tertiary/aromatic N) is 4. The van der Waals surface area contributed by atoms with Gasteiger partial charge in [0.05, 0.1) is 11.6 Å². The summed E-state index contributed by atoms with van der Waals surface area (Å²) in [5.41, 5.74) is 3.02. The van der Waals surface area contributed by atoms with Crippen LogP contribution in [0.15, 0.2) is 23.7 Å². The summed E-state index contributed by atoms with van der Waals surface area (Å²) in [5, 5.41) is 9.27. The first-order chi connectivity index (χ1) is 11.7. The molecule has 8 heteroatoms. The Morgan fingerprint density at radius 2 is 2.17 bits per heavy atom. The molecule has 2 N–H and O–H groups in total. The van der Waals surface area contributed by atoms with E-state index in [2.05, 4.69) is 50.7 Å². The molecular weight excluding hydrogens is 340 g/mol. The van der Waals surface area contributed by atoms with Crippen molar-refractivity contribution in [2.75, 3.05) is 12.5 Å². The molecule has 3 rings (SSSR count). The van der Waals surface area contributed by atoms with Crippen LogP contribution in [0.1, 0.15) is 40.9 Å². The van der Waals surface area contributed by atoms with Crippen molar-refractivity contribution in [3.05, 3.63) is 33.4 Å². The van der Waals surface area contributed by atoms with Gasteiger partial charge in [-0.15, -0.1) is 22.7 Å². The predicted molar refractivity (Wildman–Crippen MR) is 102 cm³/mol. The molecule has 3 aromatic rings. The highest BCUT2D eigenvalue weighted by molar-refractivity contribution is 7.18. The van der Waals surface area contributed by atoms with E-state index in [0.717, 1.165) is 34.0 Å². The Hall–Kier alpha value is -1.90. The van der Waals surface area contributed by atoms with Crippen LogP contribution in [0.5, 0.6) is 0 Å². The van der Waals surface area contributed by atoms with Crippen LogP contribution in [-0.4, -0.2) is 28.2 Å². The molecule has 0 saturated heterocycles. The molecule has 1 atom stereocenters. The van der Waals surface area contributed by atoms with Crippen LogP contribution in [0, 0.1) is 0 Å². The average Bonchev–Trinajstić information content (AvgIpc) is 3.21. The maximum Gasteiger partial charge on any atom is 0.158 e. The van der Waals surface area contributed by atoms with Crippen molar-refractivity contribution in [2.24, 2.45) is 5.10 Å². The number of thiazole rings is 1. The first-order valence-corrected chi connectivity index (χ1v) is 9.47. The molecule has 3 heterocycles. The summed E-state index contributed by atoms with van der Waals surface area (Å²) in [6.07, 6.45) is 6.27. The molecule has 0 fully saturated rings. The topological polar surface area (TPSA) is 75.1 Å². The summed E-state index contributed by atoms with van der Waals surface area (Å²) in [6.45, 7) is 5.24. The third-order valence-electron chi connectivity index (χ3n) is 3.71. The number of hydrogen-bond donors (Lipinski definition) is 2. The van der Waals surface area contributed by atoms with Crippen molar-refractivity contribution >= 4 is 44.9 Å². The largest absolute Gasteiger partial charge is 0.315 e. The molecule has 0 aliphatic rings. The van der Waals surface area contributed by atoms with Crippen molar-refractivity contribution in [3.63, 3.8) is 0 Å². The van der Waals surface area contributed by atoms with Gasteiger partial charge in [0.2, 0.25) is 0 Å². The molecule has 0 spiro atoms. The van der Waals surface area contributed by atoms with Crippen molar-refractivity contribution < 1.29 is 0 Å². The monoisotopic (exact) mass is 360 g/mol. The Morgan fingerprint density at radius 1 is 1.29 bits per heavy atom. The van der Waals surface area contributed by atoms with Gasteiger partial charge in [0.1, 0.15) is 16.2 Å². The van der Waals surface area contributed by atoms with Crippen LogP contribution in [0.25, 0.3) is 10.2 Å². The Bertz CT molecular complexity index is 838. The molecule has 0 aliphatic carbocycles. The molecule has 3 aromatic heterocycles. The van der Waals surface area contributed by atoms with Crippen LogP contribution in [0.3, 0.4) is 0 Å². The van der Waals surface area contributed by atoms with E-state index in [1.807, 2.05) is 13.2 Å². The first kappa shape index (κ1) is 16.9. The molecule has 1 unspecified atom stereocenters. The lowest BCUT2D eigenvalue weighted by Crippen LogP contribution is -2.02. The van der Waals surface area contributed by atoms with E-state index < -0.39 is 0 Å². The number of nitrogens with one attached hydrogen (secondary N) is 2. The fraction of sp³-hybridized carbons (Fsp3) is 0.375. The second-order valence-electron chi connectivity index (χ2n) is 5.46. The van der Waals surface area contributed by atoms with Gasteiger partial charge < -0.3 is 5.32 Å². The number of aromatic nitrogens is 3. The third-order valence-corrected chi connectivity index (χ3v) is 5.92. The molecular formula is C16H20N6S2. The van der Waals surface area contributed by atoms with Crippen molar-refractivity contribution in [1.82, 2.24) is 20.3 Å². The lowest BCUT2D eigenvalue weighted by Gasteiger charge is -2.02. The van der Waals surface area contributed by atoms with E-state index in [1.54, 1.807) is 35.2 Å². The SMILES string of the molecule is CCC(C)c1cc2c(NN=Cc3ncc(CNC)s3)ncnc2s1. The van der Waals surface area contributed by atoms with Gasteiger partial charge in [-0.05, 0) is 25.5 Å². The Kier molecular flexibility index (Phi) is 5.49. The molecule has 0 aromatic carbocycles. The molecule has 0 saturated carbocycles. The molecule has 0 bridgehead atoms. The van der Waals surface area contributed by atoms with Gasteiger partial charge in [0.25, 0.3) is 0 Å². The van der Waals surface area contributed by atoms with Crippen LogP contribution >= 0.6 is 22.7 Å². The van der Waals surface area contributed by atoms with E-state index >= 15 is 0 Å². The van der Waals surface area contributed by atoms with E-state index in [1.165, 1.54) is 9.75 Å². The minimum atomic E-state index is 0.529. The summed E-state index contributed by atoms with van der Waals surface area (Å²) < 4.78 is 0. The van der Waals surface area contributed by atoms with E-state index in [-0.39, 0.29) is 0 Å². The summed E-state index contributed by atoms with van der Waals surface area (Å²) in [4.78, 5) is 16.5. The Labute approximate surface area is 149 Å². The number of hydrazone groups is 1. The van der Waals surface area contributed by atoms with Crippen molar-refractivity contribution in [3.8, 4) is 0 Å². The van der Waals surface area contributed by atoms with Crippen molar-refractivity contribution in [2.45, 2.75) is 32.7 Å². The molecule has 0 radical (unpaired) electrons. The van der Waals surface area contributed by atoms with Gasteiger partial charge in [-0.25, -0.2) is 15.0 Å². The third kappa shape index (κ3) is 3.77. The van der Waals surface area contributed by atoms with Crippen molar-refractivity contribution in [1.29, 1.82) is 0 Å². The summed E-state index contributed by atoms with van der Waals surface area (Å²) in [6, 6.07) is 2.17. The highest BCUT2D eigenvalue weighted by atomic mass is 32.1. The quantitative estimate of drug-likeness (QED) is 0.495. The van der Waals surface area contributed by atoms with Gasteiger partial charge in [0, 0.05) is 22.5 Å². The van der Waals surface area contributed by atoms with Crippen LogP contribution in [0.4, 0.5) is 5.82 Å². The van der Waals surface area contributed by atoms with E-state index in [0.29, 0.717) is 5.92 Å². The second kappa shape index (κ2) is 7.78. The minimum Gasteiger partial charge on any atom is -0.315 e. The fourth-order valence-corrected chi connectivity index (χ4v) is 4.13. The Morgan fingerprint density at radius 3 is 2.96 bits per heavy atom. The zero-order chi connectivity index (χ0) is 16.9. The smallest absolute Gasteiger partial charge is 0.158 e. The molecule has 6 nitrogen and oxygen atoms in total. The molecule has 0 amide bonds. The van der Waals surface area contributed by atoms with E-state index in [9.17, 15) is 0 Å². The zero-order valence-corrected chi connectivity index (χ0v) is 15.5. The second-order valence-corrected chi connectivity index (χ2v) is 7.67. The maximum atomic E-state index is 4.37. The number of fused-ring (bicyclic) bond motifs is 1. The summed E-state index contributed by atoms with van der Waals surface area (Å²) in [5.74, 6) is 1.26. The first-order valence-electron chi connectivity index (χ1n) is 7.84. The molecule has 0 aliphatic heterocycles. The zero-order valence-electron chi connectivity index (χ0n) is 13.9. The molecule has 126 valence electrons. The normalized spacial score (nSPS) is 13.0. The minimum absolute atomic E-state index is 0.529. The maximum absolute atomic E-state index is 4.37. The lowest BCUT2D eigenvalue weighted by molar-refractivity contribution is 0.748. The Balaban J connectivity index is 1.76. The van der Waals surface area contributed by atoms with Crippen LogP contribution < -0.4 is 10.7 Å². The highest BCUT2D eigenvalue weighted by Crippen LogP contribution is 2.33. The number of anilines is 1. The standard InChI is InChI=1S/C16H20N6S2/c1-4-10(2)13-5-12-15(19-9-20-16(12)24-13)22-21-8-14-18-7-11(23-14)6-17-3/h5,7-10,17H,4,6H2,1-3H3,(H,19,20,22). The van der Waals surface area contributed by atoms with Crippen LogP contribution in [-0.2, 0) is 6.54 Å². The van der Waals surface area contributed by atoms with Crippen LogP contribution in [0.2, 0.25) is 0 Å². The number of thiophene rings is 1. The summed E-state index contributed by atoms with van der Waals surface area (Å²) in [7, 11) is 1.92. The van der Waals surface area contributed by atoms with Gasteiger partial charge in [0.15, 0.2) is 5.82 Å². The lowest BCUT2D eigenvalue weighted by atomic mass is 10.1. The summed E-state index contributed by atoms with van der Waals surface area (Å²) >= 11 is 3.34. The molecule has 24 heavy (non-hydrogen) atoms. The fourth-order valence-electron chi connectivity index (χ4n) is 2.19. The van der Waals surface area contributed by atoms with Gasteiger partial charge >= 0.3 is 0 Å². The average molecular weight is 361 g/mol. The number of rotatable bonds is 7. The predicted octanol–water partition coefficient (Wildman–Crippen LogP) is 3.83.